The lowest BCUT2D eigenvalue weighted by Gasteiger charge is -2.23. The van der Waals surface area contributed by atoms with Gasteiger partial charge in [0.05, 0.1) is 0 Å². The minimum absolute atomic E-state index is 0.145. The smallest absolute Gasteiger partial charge is 0.0496 e. The number of aromatic nitrogens is 1. The fraction of sp³-hybridized carbons (Fsp3) is 0.312. The Balaban J connectivity index is 2.27. The van der Waals surface area contributed by atoms with Crippen molar-refractivity contribution in [2.75, 3.05) is 0 Å². The van der Waals surface area contributed by atoms with Gasteiger partial charge in [-0.05, 0) is 42.7 Å². The van der Waals surface area contributed by atoms with Crippen LogP contribution in [0.15, 0.2) is 53.7 Å². The normalized spacial score (nSPS) is 14.1. The molecule has 0 aliphatic rings. The molecule has 0 saturated carbocycles. The van der Waals surface area contributed by atoms with Crippen molar-refractivity contribution in [1.29, 1.82) is 0 Å². The maximum atomic E-state index is 6.31. The molecule has 2 aromatic rings. The number of pyridine rings is 1. The Kier molecular flexibility index (Phi) is 5.00. The monoisotopic (exact) mass is 272 g/mol. The summed E-state index contributed by atoms with van der Waals surface area (Å²) in [4.78, 5) is 5.39. The number of nitrogens with zero attached hydrogens (tertiary/aromatic N) is 1. The van der Waals surface area contributed by atoms with Gasteiger partial charge < -0.3 is 5.73 Å². The summed E-state index contributed by atoms with van der Waals surface area (Å²) in [6.07, 6.45) is 4.64. The summed E-state index contributed by atoms with van der Waals surface area (Å²) in [5, 5.41) is 0.272. The van der Waals surface area contributed by atoms with Gasteiger partial charge in [0.2, 0.25) is 0 Å². The van der Waals surface area contributed by atoms with E-state index >= 15 is 0 Å². The molecular weight excluding hydrogens is 252 g/mol. The predicted molar refractivity (Wildman–Crippen MR) is 82.3 cm³/mol. The Hall–Kier alpha value is -1.32. The van der Waals surface area contributed by atoms with Crippen LogP contribution in [0.4, 0.5) is 0 Å². The number of hydrogen-bond donors (Lipinski definition) is 1. The molecule has 0 radical (unpaired) electrons. The molecule has 2 rings (SSSR count). The third kappa shape index (κ3) is 3.58. The van der Waals surface area contributed by atoms with Gasteiger partial charge in [-0.3, -0.25) is 4.98 Å². The van der Waals surface area contributed by atoms with Crippen LogP contribution in [0.5, 0.6) is 0 Å². The first-order valence-electron chi connectivity index (χ1n) is 6.60. The standard InChI is InChI=1S/C16H20N2S/c1-3-14(17)16(13-8-10-18-11-9-13)19-15-7-5-4-6-12(15)2/h4-11,14,16H,3,17H2,1-2H3. The quantitative estimate of drug-likeness (QED) is 0.837. The Labute approximate surface area is 119 Å². The summed E-state index contributed by atoms with van der Waals surface area (Å²) in [6, 6.07) is 12.7. The molecule has 0 bridgehead atoms. The topological polar surface area (TPSA) is 38.9 Å². The summed E-state index contributed by atoms with van der Waals surface area (Å²) in [5.74, 6) is 0. The van der Waals surface area contributed by atoms with Crippen molar-refractivity contribution in [2.45, 2.75) is 36.5 Å². The van der Waals surface area contributed by atoms with Crippen molar-refractivity contribution in [3.63, 3.8) is 0 Å². The minimum Gasteiger partial charge on any atom is -0.326 e. The van der Waals surface area contributed by atoms with E-state index in [1.807, 2.05) is 24.2 Å². The van der Waals surface area contributed by atoms with Crippen LogP contribution in [0.1, 0.15) is 29.7 Å². The van der Waals surface area contributed by atoms with Gasteiger partial charge in [0.15, 0.2) is 0 Å². The van der Waals surface area contributed by atoms with Crippen LogP contribution in [0.2, 0.25) is 0 Å². The number of thioether (sulfide) groups is 1. The molecule has 2 N–H and O–H groups in total. The van der Waals surface area contributed by atoms with Gasteiger partial charge in [0.25, 0.3) is 0 Å². The molecule has 0 amide bonds. The van der Waals surface area contributed by atoms with Crippen molar-refractivity contribution in [1.82, 2.24) is 4.98 Å². The second-order valence-electron chi connectivity index (χ2n) is 4.66. The van der Waals surface area contributed by atoms with Crippen LogP contribution in [0, 0.1) is 6.92 Å². The predicted octanol–water partition coefficient (Wildman–Crippen LogP) is 3.96. The van der Waals surface area contributed by atoms with E-state index in [0.717, 1.165) is 6.42 Å². The lowest BCUT2D eigenvalue weighted by Crippen LogP contribution is -2.25. The summed E-state index contributed by atoms with van der Waals surface area (Å²) < 4.78 is 0. The number of rotatable bonds is 5. The zero-order valence-electron chi connectivity index (χ0n) is 11.4. The number of hydrogen-bond acceptors (Lipinski definition) is 3. The SMILES string of the molecule is CCC(N)C(Sc1ccccc1C)c1ccncc1. The van der Waals surface area contributed by atoms with E-state index in [9.17, 15) is 0 Å². The van der Waals surface area contributed by atoms with Gasteiger partial charge in [-0.2, -0.15) is 0 Å². The molecule has 0 aliphatic carbocycles. The lowest BCUT2D eigenvalue weighted by molar-refractivity contribution is 0.633. The van der Waals surface area contributed by atoms with Gasteiger partial charge in [-0.1, -0.05) is 25.1 Å². The fourth-order valence-electron chi connectivity index (χ4n) is 2.00. The average Bonchev–Trinajstić information content (AvgIpc) is 2.46. The molecule has 2 atom stereocenters. The molecule has 1 heterocycles. The van der Waals surface area contributed by atoms with Gasteiger partial charge in [0, 0.05) is 28.6 Å². The Morgan fingerprint density at radius 1 is 1.16 bits per heavy atom. The van der Waals surface area contributed by atoms with E-state index in [-0.39, 0.29) is 11.3 Å². The number of aryl methyl sites for hydroxylation is 1. The highest BCUT2D eigenvalue weighted by atomic mass is 32.2. The van der Waals surface area contributed by atoms with E-state index < -0.39 is 0 Å². The highest BCUT2D eigenvalue weighted by Gasteiger charge is 2.20. The first-order valence-corrected chi connectivity index (χ1v) is 7.48. The van der Waals surface area contributed by atoms with Crippen molar-refractivity contribution in [3.05, 3.63) is 59.9 Å². The Morgan fingerprint density at radius 2 is 1.84 bits per heavy atom. The molecule has 0 spiro atoms. The average molecular weight is 272 g/mol. The number of benzene rings is 1. The molecule has 0 aliphatic heterocycles. The maximum Gasteiger partial charge on any atom is 0.0496 e. The first kappa shape index (κ1) is 14.1. The molecule has 2 nitrogen and oxygen atoms in total. The van der Waals surface area contributed by atoms with Crippen LogP contribution in [-0.2, 0) is 0 Å². The largest absolute Gasteiger partial charge is 0.326 e. The zero-order chi connectivity index (χ0) is 13.7. The maximum absolute atomic E-state index is 6.31. The molecule has 1 aromatic carbocycles. The summed E-state index contributed by atoms with van der Waals surface area (Å²) in [6.45, 7) is 4.28. The van der Waals surface area contributed by atoms with Crippen LogP contribution in [-0.4, -0.2) is 11.0 Å². The first-order chi connectivity index (χ1) is 9.22. The van der Waals surface area contributed by atoms with E-state index in [0.29, 0.717) is 0 Å². The molecule has 1 aromatic heterocycles. The fourth-order valence-corrected chi connectivity index (χ4v) is 3.34. The van der Waals surface area contributed by atoms with Crippen LogP contribution in [0.25, 0.3) is 0 Å². The lowest BCUT2D eigenvalue weighted by atomic mass is 10.1. The Morgan fingerprint density at radius 3 is 2.47 bits per heavy atom. The summed E-state index contributed by atoms with van der Waals surface area (Å²) >= 11 is 1.85. The molecule has 0 fully saturated rings. The van der Waals surface area contributed by atoms with E-state index in [2.05, 4.69) is 55.2 Å². The summed E-state index contributed by atoms with van der Waals surface area (Å²) in [5.41, 5.74) is 8.85. The molecule has 0 saturated heterocycles. The molecule has 3 heteroatoms. The zero-order valence-corrected chi connectivity index (χ0v) is 12.2. The van der Waals surface area contributed by atoms with Gasteiger partial charge in [0.1, 0.15) is 0 Å². The highest BCUT2D eigenvalue weighted by Crippen LogP contribution is 2.39. The van der Waals surface area contributed by atoms with Crippen LogP contribution >= 0.6 is 11.8 Å². The summed E-state index contributed by atoms with van der Waals surface area (Å²) in [7, 11) is 0. The third-order valence-corrected chi connectivity index (χ3v) is 4.83. The van der Waals surface area contributed by atoms with Crippen molar-refractivity contribution < 1.29 is 0 Å². The van der Waals surface area contributed by atoms with Gasteiger partial charge >= 0.3 is 0 Å². The molecular formula is C16H20N2S. The van der Waals surface area contributed by atoms with Gasteiger partial charge in [-0.15, -0.1) is 11.8 Å². The third-order valence-electron chi connectivity index (χ3n) is 3.24. The van der Waals surface area contributed by atoms with Crippen LogP contribution < -0.4 is 5.73 Å². The molecule has 2 unspecified atom stereocenters. The minimum atomic E-state index is 0.145. The van der Waals surface area contributed by atoms with E-state index in [4.69, 9.17) is 5.73 Å². The van der Waals surface area contributed by atoms with E-state index in [1.165, 1.54) is 16.0 Å². The van der Waals surface area contributed by atoms with Gasteiger partial charge in [-0.25, -0.2) is 0 Å². The van der Waals surface area contributed by atoms with Crippen molar-refractivity contribution >= 4 is 11.8 Å². The molecule has 100 valence electrons. The van der Waals surface area contributed by atoms with Crippen molar-refractivity contribution in [2.24, 2.45) is 5.73 Å². The highest BCUT2D eigenvalue weighted by molar-refractivity contribution is 7.99. The Bertz CT molecular complexity index is 513. The second-order valence-corrected chi connectivity index (χ2v) is 5.84. The van der Waals surface area contributed by atoms with E-state index in [1.54, 1.807) is 0 Å². The van der Waals surface area contributed by atoms with Crippen LogP contribution in [0.3, 0.4) is 0 Å². The second kappa shape index (κ2) is 6.73. The number of nitrogens with two attached hydrogens (primary N) is 1. The van der Waals surface area contributed by atoms with Crippen molar-refractivity contribution in [3.8, 4) is 0 Å². The molecule has 19 heavy (non-hydrogen) atoms.